The van der Waals surface area contributed by atoms with E-state index in [-0.39, 0.29) is 19.1 Å². The molecule has 1 aliphatic rings. The first-order chi connectivity index (χ1) is 9.23. The molecule has 0 aromatic heterocycles. The molecule has 0 spiro atoms. The van der Waals surface area contributed by atoms with E-state index in [2.05, 4.69) is 4.74 Å². The molecule has 1 heterocycles. The van der Waals surface area contributed by atoms with Gasteiger partial charge in [0.15, 0.2) is 0 Å². The summed E-state index contributed by atoms with van der Waals surface area (Å²) >= 11 is 0. The third kappa shape index (κ3) is 5.33. The smallest absolute Gasteiger partial charge is 0.411 e. The normalized spacial score (nSPS) is 23.1. The Balaban J connectivity index is 2.52. The van der Waals surface area contributed by atoms with Gasteiger partial charge in [-0.25, -0.2) is 0 Å². The van der Waals surface area contributed by atoms with Gasteiger partial charge in [0.25, 0.3) is 0 Å². The van der Waals surface area contributed by atoms with Gasteiger partial charge in [0.05, 0.1) is 12.5 Å². The number of alkyl halides is 3. The van der Waals surface area contributed by atoms with Crippen molar-refractivity contribution in [1.29, 1.82) is 0 Å². The van der Waals surface area contributed by atoms with Crippen LogP contribution in [0.4, 0.5) is 13.2 Å². The van der Waals surface area contributed by atoms with Crippen LogP contribution in [-0.2, 0) is 19.1 Å². The van der Waals surface area contributed by atoms with Gasteiger partial charge in [-0.3, -0.25) is 9.59 Å². The summed E-state index contributed by atoms with van der Waals surface area (Å²) in [5.41, 5.74) is 0. The van der Waals surface area contributed by atoms with Crippen LogP contribution in [0.3, 0.4) is 0 Å². The lowest BCUT2D eigenvalue weighted by Crippen LogP contribution is -2.40. The predicted molar refractivity (Wildman–Crippen MR) is 60.0 cm³/mol. The highest BCUT2D eigenvalue weighted by Gasteiger charge is 2.37. The molecule has 0 bridgehead atoms. The summed E-state index contributed by atoms with van der Waals surface area (Å²) in [7, 11) is 1.43. The van der Waals surface area contributed by atoms with Crippen molar-refractivity contribution >= 4 is 11.9 Å². The van der Waals surface area contributed by atoms with Crippen molar-refractivity contribution in [2.75, 3.05) is 26.9 Å². The number of ether oxygens (including phenoxy) is 2. The molecule has 20 heavy (non-hydrogen) atoms. The van der Waals surface area contributed by atoms with Gasteiger partial charge < -0.3 is 19.5 Å². The maximum Gasteiger partial charge on any atom is 0.411 e. The fourth-order valence-electron chi connectivity index (χ4n) is 2.08. The highest BCUT2D eigenvalue weighted by atomic mass is 19.4. The van der Waals surface area contributed by atoms with Crippen LogP contribution in [0.2, 0.25) is 0 Å². The molecule has 6 nitrogen and oxygen atoms in total. The van der Waals surface area contributed by atoms with Crippen molar-refractivity contribution in [3.05, 3.63) is 0 Å². The summed E-state index contributed by atoms with van der Waals surface area (Å²) < 4.78 is 45.0. The first kappa shape index (κ1) is 16.7. The lowest BCUT2D eigenvalue weighted by molar-refractivity contribution is -0.178. The van der Waals surface area contributed by atoms with Gasteiger partial charge in [0, 0.05) is 19.7 Å². The number of amides is 1. The van der Waals surface area contributed by atoms with Crippen LogP contribution in [0.15, 0.2) is 0 Å². The van der Waals surface area contributed by atoms with Crippen molar-refractivity contribution in [1.82, 2.24) is 4.90 Å². The Morgan fingerprint density at radius 3 is 2.55 bits per heavy atom. The first-order valence-electron chi connectivity index (χ1n) is 5.91. The summed E-state index contributed by atoms with van der Waals surface area (Å²) in [6.45, 7) is -2.08. The molecule has 2 atom stereocenters. The molecular formula is C11H16F3NO5. The molecule has 9 heteroatoms. The average molecular weight is 299 g/mol. The number of hydrogen-bond donors (Lipinski definition) is 1. The number of carbonyl (C=O) groups excluding carboxylic acids is 1. The van der Waals surface area contributed by atoms with Crippen LogP contribution >= 0.6 is 0 Å². The number of aliphatic carboxylic acids is 1. The molecule has 0 radical (unpaired) electrons. The van der Waals surface area contributed by atoms with E-state index in [1.807, 2.05) is 0 Å². The highest BCUT2D eigenvalue weighted by molar-refractivity contribution is 5.79. The molecule has 116 valence electrons. The van der Waals surface area contributed by atoms with Crippen molar-refractivity contribution in [2.24, 2.45) is 0 Å². The zero-order chi connectivity index (χ0) is 15.3. The molecule has 1 amide bonds. The van der Waals surface area contributed by atoms with Crippen LogP contribution in [0.5, 0.6) is 0 Å². The van der Waals surface area contributed by atoms with E-state index in [0.717, 1.165) is 0 Å². The summed E-state index contributed by atoms with van der Waals surface area (Å²) in [6, 6.07) is -0.584. The van der Waals surface area contributed by atoms with E-state index in [4.69, 9.17) is 9.84 Å². The summed E-state index contributed by atoms with van der Waals surface area (Å²) in [5.74, 6) is -1.75. The van der Waals surface area contributed by atoms with E-state index in [1.165, 1.54) is 12.0 Å². The second kappa shape index (κ2) is 6.89. The molecule has 0 saturated carbocycles. The molecule has 1 aliphatic heterocycles. The second-order valence-electron chi connectivity index (χ2n) is 4.50. The molecule has 0 aromatic carbocycles. The maximum absolute atomic E-state index is 11.9. The minimum atomic E-state index is -4.50. The summed E-state index contributed by atoms with van der Waals surface area (Å²) in [5, 5.41) is 8.76. The maximum atomic E-state index is 11.9. The van der Waals surface area contributed by atoms with Gasteiger partial charge in [-0.15, -0.1) is 0 Å². The van der Waals surface area contributed by atoms with E-state index in [9.17, 15) is 22.8 Å². The van der Waals surface area contributed by atoms with Crippen LogP contribution in [0.1, 0.15) is 12.8 Å². The van der Waals surface area contributed by atoms with E-state index < -0.39 is 37.3 Å². The Kier molecular flexibility index (Phi) is 5.75. The van der Waals surface area contributed by atoms with Gasteiger partial charge in [0.2, 0.25) is 5.91 Å². The van der Waals surface area contributed by atoms with Gasteiger partial charge >= 0.3 is 12.1 Å². The van der Waals surface area contributed by atoms with Crippen LogP contribution in [0.25, 0.3) is 0 Å². The van der Waals surface area contributed by atoms with E-state index in [1.54, 1.807) is 0 Å². The van der Waals surface area contributed by atoms with Crippen molar-refractivity contribution in [3.63, 3.8) is 0 Å². The molecule has 0 aliphatic carbocycles. The number of methoxy groups -OCH3 is 1. The molecule has 0 aromatic rings. The molecule has 1 N–H and O–H groups in total. The Morgan fingerprint density at radius 1 is 1.40 bits per heavy atom. The standard InChI is InChI=1S/C11H16F3NO5/c1-19-8-2-7(3-10(17)18)15(4-8)9(16)5-20-6-11(12,13)14/h7-8H,2-6H2,1H3,(H,17,18). The first-order valence-corrected chi connectivity index (χ1v) is 5.91. The van der Waals surface area contributed by atoms with E-state index >= 15 is 0 Å². The monoisotopic (exact) mass is 299 g/mol. The van der Waals surface area contributed by atoms with Crippen molar-refractivity contribution in [2.45, 2.75) is 31.2 Å². The minimum absolute atomic E-state index is 0.155. The second-order valence-corrected chi connectivity index (χ2v) is 4.50. The summed E-state index contributed by atoms with van der Waals surface area (Å²) in [4.78, 5) is 23.7. The van der Waals surface area contributed by atoms with Crippen molar-refractivity contribution < 1.29 is 37.3 Å². The Hall–Kier alpha value is -1.35. The lowest BCUT2D eigenvalue weighted by atomic mass is 10.1. The third-order valence-electron chi connectivity index (χ3n) is 2.93. The number of carboxylic acid groups (broad SMARTS) is 1. The number of carbonyl (C=O) groups is 2. The highest BCUT2D eigenvalue weighted by Crippen LogP contribution is 2.23. The van der Waals surface area contributed by atoms with Crippen molar-refractivity contribution in [3.8, 4) is 0 Å². The molecular weight excluding hydrogens is 283 g/mol. The third-order valence-corrected chi connectivity index (χ3v) is 2.93. The Labute approximate surface area is 113 Å². The Morgan fingerprint density at radius 2 is 2.05 bits per heavy atom. The number of carboxylic acids is 1. The van der Waals surface area contributed by atoms with Crippen LogP contribution < -0.4 is 0 Å². The number of hydrogen-bond acceptors (Lipinski definition) is 4. The lowest BCUT2D eigenvalue weighted by Gasteiger charge is -2.23. The van der Waals surface area contributed by atoms with Gasteiger partial charge in [0.1, 0.15) is 13.2 Å². The average Bonchev–Trinajstić information content (AvgIpc) is 2.69. The zero-order valence-corrected chi connectivity index (χ0v) is 10.9. The van der Waals surface area contributed by atoms with Gasteiger partial charge in [-0.05, 0) is 6.42 Å². The number of likely N-dealkylation sites (tertiary alicyclic amines) is 1. The molecule has 2 unspecified atom stereocenters. The summed E-state index contributed by atoms with van der Waals surface area (Å²) in [6.07, 6.45) is -4.75. The molecule has 1 fully saturated rings. The number of nitrogens with zero attached hydrogens (tertiary/aromatic N) is 1. The van der Waals surface area contributed by atoms with Crippen LogP contribution in [-0.4, -0.2) is 67.1 Å². The Bertz CT molecular complexity index is 360. The topological polar surface area (TPSA) is 76.1 Å². The number of rotatable bonds is 6. The van der Waals surface area contributed by atoms with Crippen LogP contribution in [0, 0.1) is 0 Å². The SMILES string of the molecule is COC1CC(CC(=O)O)N(C(=O)COCC(F)(F)F)C1. The number of halogens is 3. The molecule has 1 rings (SSSR count). The van der Waals surface area contributed by atoms with Gasteiger partial charge in [-0.2, -0.15) is 13.2 Å². The largest absolute Gasteiger partial charge is 0.481 e. The zero-order valence-electron chi connectivity index (χ0n) is 10.9. The quantitative estimate of drug-likeness (QED) is 0.779. The fourth-order valence-corrected chi connectivity index (χ4v) is 2.08. The van der Waals surface area contributed by atoms with E-state index in [0.29, 0.717) is 6.42 Å². The fraction of sp³-hybridized carbons (Fsp3) is 0.818. The van der Waals surface area contributed by atoms with Gasteiger partial charge in [-0.1, -0.05) is 0 Å². The minimum Gasteiger partial charge on any atom is -0.481 e. The predicted octanol–water partition coefficient (Wildman–Crippen LogP) is 0.656. The molecule has 1 saturated heterocycles.